The molecule has 3 aromatic rings. The molecular formula is C12H12N2S2. The minimum atomic E-state index is 0.891. The highest BCUT2D eigenvalue weighted by Gasteiger charge is 2.12. The predicted molar refractivity (Wildman–Crippen MR) is 72.4 cm³/mol. The maximum atomic E-state index is 6.18. The highest BCUT2D eigenvalue weighted by atomic mass is 32.1. The van der Waals surface area contributed by atoms with Crippen LogP contribution in [0.25, 0.3) is 15.4 Å². The first-order chi connectivity index (χ1) is 7.81. The lowest BCUT2D eigenvalue weighted by Crippen LogP contribution is -1.95. The lowest BCUT2D eigenvalue weighted by Gasteiger charge is -2.00. The van der Waals surface area contributed by atoms with Crippen molar-refractivity contribution < 1.29 is 0 Å². The van der Waals surface area contributed by atoms with Crippen LogP contribution in [0.3, 0.4) is 0 Å². The van der Waals surface area contributed by atoms with E-state index in [-0.39, 0.29) is 0 Å². The smallest absolute Gasteiger partial charge is 0.112 e. The highest BCUT2D eigenvalue weighted by molar-refractivity contribution is 7.17. The lowest BCUT2D eigenvalue weighted by atomic mass is 10.2. The SMILES string of the molecule is CCc1cc2scc(-c3cccs3)n2c1N. The number of hydrogen-bond donors (Lipinski definition) is 1. The molecule has 0 aliphatic rings. The maximum absolute atomic E-state index is 6.18. The number of aryl methyl sites for hydroxylation is 1. The molecule has 0 bridgehead atoms. The molecule has 3 rings (SSSR count). The minimum absolute atomic E-state index is 0.891. The van der Waals surface area contributed by atoms with Crippen LogP contribution in [0.2, 0.25) is 0 Å². The van der Waals surface area contributed by atoms with Crippen LogP contribution in [0.1, 0.15) is 12.5 Å². The summed E-state index contributed by atoms with van der Waals surface area (Å²) in [4.78, 5) is 2.51. The quantitative estimate of drug-likeness (QED) is 0.733. The molecule has 0 unspecified atom stereocenters. The number of nitrogen functional groups attached to an aromatic ring is 1. The van der Waals surface area contributed by atoms with Crippen molar-refractivity contribution in [1.29, 1.82) is 0 Å². The van der Waals surface area contributed by atoms with Gasteiger partial charge in [0, 0.05) is 5.38 Å². The molecular weight excluding hydrogens is 236 g/mol. The predicted octanol–water partition coefficient (Wildman–Crippen LogP) is 3.87. The Morgan fingerprint density at radius 2 is 2.25 bits per heavy atom. The fourth-order valence-corrected chi connectivity index (χ4v) is 3.71. The number of thiophene rings is 1. The second kappa shape index (κ2) is 3.64. The van der Waals surface area contributed by atoms with Crippen LogP contribution in [-0.4, -0.2) is 4.40 Å². The van der Waals surface area contributed by atoms with Crippen LogP contribution in [0.4, 0.5) is 5.82 Å². The van der Waals surface area contributed by atoms with Gasteiger partial charge in [-0.1, -0.05) is 13.0 Å². The summed E-state index contributed by atoms with van der Waals surface area (Å²) in [7, 11) is 0. The summed E-state index contributed by atoms with van der Waals surface area (Å²) < 4.78 is 2.16. The van der Waals surface area contributed by atoms with Crippen molar-refractivity contribution in [2.75, 3.05) is 5.73 Å². The normalized spacial score (nSPS) is 11.3. The van der Waals surface area contributed by atoms with Gasteiger partial charge in [-0.15, -0.1) is 22.7 Å². The molecule has 0 radical (unpaired) electrons. The fourth-order valence-electron chi connectivity index (χ4n) is 1.93. The number of thiazole rings is 1. The van der Waals surface area contributed by atoms with Gasteiger partial charge in [0.25, 0.3) is 0 Å². The molecule has 0 saturated carbocycles. The van der Waals surface area contributed by atoms with E-state index in [4.69, 9.17) is 5.73 Å². The third kappa shape index (κ3) is 1.30. The first-order valence-corrected chi connectivity index (χ1v) is 6.98. The fraction of sp³-hybridized carbons (Fsp3) is 0.167. The third-order valence-corrected chi connectivity index (χ3v) is 4.55. The molecule has 0 amide bonds. The van der Waals surface area contributed by atoms with E-state index in [0.717, 1.165) is 12.2 Å². The summed E-state index contributed by atoms with van der Waals surface area (Å²) in [6, 6.07) is 6.40. The van der Waals surface area contributed by atoms with Crippen molar-refractivity contribution in [2.24, 2.45) is 0 Å². The number of hydrogen-bond acceptors (Lipinski definition) is 3. The monoisotopic (exact) mass is 248 g/mol. The molecule has 0 spiro atoms. The Morgan fingerprint density at radius 3 is 2.94 bits per heavy atom. The molecule has 3 heterocycles. The van der Waals surface area contributed by atoms with Gasteiger partial charge >= 0.3 is 0 Å². The molecule has 3 aromatic heterocycles. The van der Waals surface area contributed by atoms with Crippen LogP contribution >= 0.6 is 22.7 Å². The largest absolute Gasteiger partial charge is 0.385 e. The van der Waals surface area contributed by atoms with E-state index in [9.17, 15) is 0 Å². The molecule has 0 saturated heterocycles. The van der Waals surface area contributed by atoms with Crippen molar-refractivity contribution in [3.63, 3.8) is 0 Å². The van der Waals surface area contributed by atoms with E-state index in [0.29, 0.717) is 0 Å². The maximum Gasteiger partial charge on any atom is 0.112 e. The number of aromatic nitrogens is 1. The van der Waals surface area contributed by atoms with E-state index in [1.54, 1.807) is 22.7 Å². The first kappa shape index (κ1) is 9.93. The Bertz CT molecular complexity index is 617. The first-order valence-electron chi connectivity index (χ1n) is 5.22. The van der Waals surface area contributed by atoms with E-state index >= 15 is 0 Å². The summed E-state index contributed by atoms with van der Waals surface area (Å²) in [5.41, 5.74) is 8.63. The third-order valence-electron chi connectivity index (χ3n) is 2.77. The molecule has 0 fully saturated rings. The van der Waals surface area contributed by atoms with Crippen LogP contribution < -0.4 is 5.73 Å². The Kier molecular flexibility index (Phi) is 2.26. The zero-order valence-corrected chi connectivity index (χ0v) is 10.6. The van der Waals surface area contributed by atoms with Gasteiger partial charge in [0.1, 0.15) is 10.6 Å². The van der Waals surface area contributed by atoms with E-state index in [1.807, 2.05) is 0 Å². The van der Waals surface area contributed by atoms with Crippen LogP contribution in [0.5, 0.6) is 0 Å². The number of fused-ring (bicyclic) bond motifs is 1. The molecule has 4 heteroatoms. The average molecular weight is 248 g/mol. The number of rotatable bonds is 2. The van der Waals surface area contributed by atoms with Crippen molar-refractivity contribution in [2.45, 2.75) is 13.3 Å². The van der Waals surface area contributed by atoms with Gasteiger partial charge in [-0.3, -0.25) is 4.40 Å². The molecule has 2 N–H and O–H groups in total. The van der Waals surface area contributed by atoms with Gasteiger partial charge in [0.15, 0.2) is 0 Å². The van der Waals surface area contributed by atoms with Crippen molar-refractivity contribution in [3.05, 3.63) is 34.5 Å². The summed E-state index contributed by atoms with van der Waals surface area (Å²) in [6.07, 6.45) is 0.990. The second-order valence-corrected chi connectivity index (χ2v) is 5.52. The van der Waals surface area contributed by atoms with Crippen molar-refractivity contribution in [1.82, 2.24) is 4.40 Å². The standard InChI is InChI=1S/C12H12N2S2/c1-2-8-6-11-14(12(8)13)9(7-16-11)10-4-3-5-15-10/h3-7H,2,13H2,1H3. The summed E-state index contributed by atoms with van der Waals surface area (Å²) >= 11 is 3.50. The number of nitrogens with zero attached hydrogens (tertiary/aromatic N) is 1. The van der Waals surface area contributed by atoms with Gasteiger partial charge in [0.05, 0.1) is 10.6 Å². The molecule has 16 heavy (non-hydrogen) atoms. The van der Waals surface area contributed by atoms with E-state index < -0.39 is 0 Å². The Morgan fingerprint density at radius 1 is 1.38 bits per heavy atom. The van der Waals surface area contributed by atoms with Crippen LogP contribution in [-0.2, 0) is 6.42 Å². The topological polar surface area (TPSA) is 30.4 Å². The summed E-state index contributed by atoms with van der Waals surface area (Å²) in [5, 5.41) is 4.27. The van der Waals surface area contributed by atoms with Crippen LogP contribution in [0, 0.1) is 0 Å². The summed E-state index contributed by atoms with van der Waals surface area (Å²) in [6.45, 7) is 2.14. The van der Waals surface area contributed by atoms with E-state index in [2.05, 4.69) is 40.3 Å². The van der Waals surface area contributed by atoms with Gasteiger partial charge in [-0.2, -0.15) is 0 Å². The highest BCUT2D eigenvalue weighted by Crippen LogP contribution is 2.34. The van der Waals surface area contributed by atoms with Gasteiger partial charge in [0.2, 0.25) is 0 Å². The van der Waals surface area contributed by atoms with Gasteiger partial charge < -0.3 is 5.73 Å². The summed E-state index contributed by atoms with van der Waals surface area (Å²) in [5.74, 6) is 0.891. The van der Waals surface area contributed by atoms with Crippen molar-refractivity contribution >= 4 is 33.3 Å². The lowest BCUT2D eigenvalue weighted by molar-refractivity contribution is 1.13. The van der Waals surface area contributed by atoms with Gasteiger partial charge in [-0.05, 0) is 29.5 Å². The molecule has 82 valence electrons. The van der Waals surface area contributed by atoms with Crippen molar-refractivity contribution in [3.8, 4) is 10.6 Å². The van der Waals surface area contributed by atoms with Gasteiger partial charge in [-0.25, -0.2) is 0 Å². The Hall–Kier alpha value is -1.26. The number of nitrogens with two attached hydrogens (primary N) is 1. The molecule has 0 aliphatic carbocycles. The van der Waals surface area contributed by atoms with Crippen LogP contribution in [0.15, 0.2) is 29.0 Å². The average Bonchev–Trinajstić information content (AvgIpc) is 2.96. The Labute approximate surface area is 102 Å². The molecule has 0 aromatic carbocycles. The second-order valence-electron chi connectivity index (χ2n) is 3.68. The molecule has 0 atom stereocenters. The molecule has 2 nitrogen and oxygen atoms in total. The van der Waals surface area contributed by atoms with E-state index in [1.165, 1.54) is 21.0 Å². The molecule has 0 aliphatic heterocycles. The Balaban J connectivity index is 2.30. The zero-order chi connectivity index (χ0) is 11.1. The minimum Gasteiger partial charge on any atom is -0.385 e. The number of anilines is 1. The zero-order valence-electron chi connectivity index (χ0n) is 8.93.